The van der Waals surface area contributed by atoms with Gasteiger partial charge in [-0.1, -0.05) is 48.2 Å². The second-order valence-electron chi connectivity index (χ2n) is 8.52. The molecule has 0 radical (unpaired) electrons. The summed E-state index contributed by atoms with van der Waals surface area (Å²) in [5, 5.41) is 10.9. The highest BCUT2D eigenvalue weighted by Gasteiger charge is 2.27. The monoisotopic (exact) mass is 461 g/mol. The van der Waals surface area contributed by atoms with Gasteiger partial charge in [-0.2, -0.15) is 0 Å². The number of thioether (sulfide) groups is 1. The largest absolute Gasteiger partial charge is 0.372 e. The SMILES string of the molecule is Cc1ccccc1-n1c(SCC(=O)N2C[C@@H](C)O[C@H](C)C2)nnc1-c1c[nH]c2ccccc12. The van der Waals surface area contributed by atoms with E-state index in [0.717, 1.165) is 33.5 Å². The molecule has 1 aliphatic heterocycles. The van der Waals surface area contributed by atoms with Crippen molar-refractivity contribution >= 4 is 28.6 Å². The Kier molecular flexibility index (Phi) is 5.95. The molecular formula is C25H27N5O2S. The Morgan fingerprint density at radius 1 is 1.09 bits per heavy atom. The molecule has 0 saturated carbocycles. The summed E-state index contributed by atoms with van der Waals surface area (Å²) in [6.45, 7) is 7.32. The van der Waals surface area contributed by atoms with Gasteiger partial charge >= 0.3 is 0 Å². The van der Waals surface area contributed by atoms with Crippen LogP contribution in [0.4, 0.5) is 0 Å². The van der Waals surface area contributed by atoms with Crippen LogP contribution in [0.3, 0.4) is 0 Å². The van der Waals surface area contributed by atoms with Gasteiger partial charge in [-0.15, -0.1) is 10.2 Å². The molecule has 0 aliphatic carbocycles. The topological polar surface area (TPSA) is 76.0 Å². The Balaban J connectivity index is 1.49. The summed E-state index contributed by atoms with van der Waals surface area (Å²) in [6.07, 6.45) is 2.07. The second-order valence-corrected chi connectivity index (χ2v) is 9.46. The highest BCUT2D eigenvalue weighted by molar-refractivity contribution is 7.99. The molecule has 0 spiro atoms. The molecular weight excluding hydrogens is 434 g/mol. The first kappa shape index (κ1) is 21.7. The van der Waals surface area contributed by atoms with E-state index in [1.807, 2.05) is 55.3 Å². The maximum absolute atomic E-state index is 13.0. The number of fused-ring (bicyclic) bond motifs is 1. The number of morpholine rings is 1. The van der Waals surface area contributed by atoms with E-state index in [-0.39, 0.29) is 18.1 Å². The predicted molar refractivity (Wildman–Crippen MR) is 131 cm³/mol. The highest BCUT2D eigenvalue weighted by Crippen LogP contribution is 2.33. The lowest BCUT2D eigenvalue weighted by Gasteiger charge is -2.35. The van der Waals surface area contributed by atoms with Crippen LogP contribution in [-0.4, -0.2) is 61.6 Å². The molecule has 2 aromatic carbocycles. The fraction of sp³-hybridized carbons (Fsp3) is 0.320. The van der Waals surface area contributed by atoms with Gasteiger partial charge in [0.05, 0.1) is 23.6 Å². The van der Waals surface area contributed by atoms with Crippen LogP contribution in [0.1, 0.15) is 19.4 Å². The van der Waals surface area contributed by atoms with Crippen molar-refractivity contribution in [2.75, 3.05) is 18.8 Å². The van der Waals surface area contributed by atoms with E-state index in [9.17, 15) is 4.79 Å². The zero-order valence-electron chi connectivity index (χ0n) is 19.0. The van der Waals surface area contributed by atoms with Gasteiger partial charge in [0.15, 0.2) is 11.0 Å². The standard InChI is InChI=1S/C25H27N5O2S/c1-16-8-4-7-11-22(16)30-24(20-12-26-21-10-6-5-9-19(20)21)27-28-25(30)33-15-23(31)29-13-17(2)32-18(3)14-29/h4-12,17-18,26H,13-15H2,1-3H3/t17-,18-/m1/s1. The van der Waals surface area contributed by atoms with Crippen LogP contribution < -0.4 is 0 Å². The Morgan fingerprint density at radius 3 is 2.61 bits per heavy atom. The summed E-state index contributed by atoms with van der Waals surface area (Å²) < 4.78 is 7.83. The van der Waals surface area contributed by atoms with Crippen molar-refractivity contribution in [1.82, 2.24) is 24.6 Å². The lowest BCUT2D eigenvalue weighted by Crippen LogP contribution is -2.48. The zero-order chi connectivity index (χ0) is 22.9. The summed E-state index contributed by atoms with van der Waals surface area (Å²) in [5.74, 6) is 1.15. The maximum Gasteiger partial charge on any atom is 0.233 e. The summed E-state index contributed by atoms with van der Waals surface area (Å²) in [4.78, 5) is 18.2. The van der Waals surface area contributed by atoms with Gasteiger partial charge in [-0.3, -0.25) is 9.36 Å². The molecule has 2 atom stereocenters. The number of H-pyrrole nitrogens is 1. The Bertz CT molecular complexity index is 1290. The number of aryl methyl sites for hydroxylation is 1. The minimum Gasteiger partial charge on any atom is -0.372 e. The molecule has 7 nitrogen and oxygen atoms in total. The molecule has 4 aromatic rings. The number of hydrogen-bond donors (Lipinski definition) is 1. The summed E-state index contributed by atoms with van der Waals surface area (Å²) in [7, 11) is 0. The number of amides is 1. The van der Waals surface area contributed by atoms with E-state index >= 15 is 0 Å². The van der Waals surface area contributed by atoms with Crippen molar-refractivity contribution in [3.05, 3.63) is 60.3 Å². The quantitative estimate of drug-likeness (QED) is 0.445. The average molecular weight is 462 g/mol. The number of para-hydroxylation sites is 2. The third kappa shape index (κ3) is 4.28. The molecule has 1 fully saturated rings. The minimum atomic E-state index is 0.0480. The lowest BCUT2D eigenvalue weighted by atomic mass is 10.1. The van der Waals surface area contributed by atoms with E-state index in [4.69, 9.17) is 4.74 Å². The van der Waals surface area contributed by atoms with Gasteiger partial charge in [0.2, 0.25) is 5.91 Å². The minimum absolute atomic E-state index is 0.0480. The number of aromatic nitrogens is 4. The third-order valence-electron chi connectivity index (χ3n) is 5.92. The molecule has 3 heterocycles. The second kappa shape index (κ2) is 9.03. The van der Waals surface area contributed by atoms with Gasteiger partial charge in [0, 0.05) is 35.8 Å². The zero-order valence-corrected chi connectivity index (χ0v) is 19.8. The fourth-order valence-electron chi connectivity index (χ4n) is 4.42. The van der Waals surface area contributed by atoms with Gasteiger partial charge < -0.3 is 14.6 Å². The van der Waals surface area contributed by atoms with E-state index in [2.05, 4.69) is 44.9 Å². The van der Waals surface area contributed by atoms with E-state index in [1.54, 1.807) is 0 Å². The Labute approximate surface area is 197 Å². The summed E-state index contributed by atoms with van der Waals surface area (Å²) >= 11 is 1.43. The lowest BCUT2D eigenvalue weighted by molar-refractivity contribution is -0.140. The van der Waals surface area contributed by atoms with Gasteiger partial charge in [0.25, 0.3) is 0 Å². The van der Waals surface area contributed by atoms with Crippen molar-refractivity contribution in [3.8, 4) is 17.1 Å². The number of nitrogens with zero attached hydrogens (tertiary/aromatic N) is 4. The number of benzene rings is 2. The molecule has 170 valence electrons. The maximum atomic E-state index is 13.0. The van der Waals surface area contributed by atoms with Crippen molar-refractivity contribution in [2.45, 2.75) is 38.1 Å². The number of carbonyl (C=O) groups excluding carboxylic acids is 1. The first-order valence-electron chi connectivity index (χ1n) is 11.1. The van der Waals surface area contributed by atoms with Gasteiger partial charge in [-0.05, 0) is 38.5 Å². The molecule has 1 amide bonds. The summed E-state index contributed by atoms with van der Waals surface area (Å²) in [6, 6.07) is 16.3. The molecule has 33 heavy (non-hydrogen) atoms. The molecule has 5 rings (SSSR count). The molecule has 0 bridgehead atoms. The van der Waals surface area contributed by atoms with Crippen LogP contribution in [0.15, 0.2) is 59.9 Å². The fourth-order valence-corrected chi connectivity index (χ4v) is 5.27. The smallest absolute Gasteiger partial charge is 0.233 e. The predicted octanol–water partition coefficient (Wildman–Crippen LogP) is 4.45. The molecule has 1 N–H and O–H groups in total. The third-order valence-corrected chi connectivity index (χ3v) is 6.83. The van der Waals surface area contributed by atoms with E-state index in [1.165, 1.54) is 11.8 Å². The van der Waals surface area contributed by atoms with E-state index < -0.39 is 0 Å². The normalized spacial score (nSPS) is 18.7. The number of aromatic amines is 1. The Morgan fingerprint density at radius 2 is 1.82 bits per heavy atom. The van der Waals surface area contributed by atoms with Crippen molar-refractivity contribution in [1.29, 1.82) is 0 Å². The van der Waals surface area contributed by atoms with Crippen LogP contribution in [-0.2, 0) is 9.53 Å². The molecule has 8 heteroatoms. The van der Waals surface area contributed by atoms with Crippen molar-refractivity contribution < 1.29 is 9.53 Å². The van der Waals surface area contributed by atoms with Gasteiger partial charge in [0.1, 0.15) is 0 Å². The van der Waals surface area contributed by atoms with Gasteiger partial charge in [-0.25, -0.2) is 0 Å². The van der Waals surface area contributed by atoms with Crippen molar-refractivity contribution in [3.63, 3.8) is 0 Å². The first-order chi connectivity index (χ1) is 16.0. The first-order valence-corrected chi connectivity index (χ1v) is 12.1. The van der Waals surface area contributed by atoms with Crippen LogP contribution >= 0.6 is 11.8 Å². The van der Waals surface area contributed by atoms with Crippen LogP contribution in [0, 0.1) is 6.92 Å². The van der Waals surface area contributed by atoms with Crippen molar-refractivity contribution in [2.24, 2.45) is 0 Å². The van der Waals surface area contributed by atoms with Crippen LogP contribution in [0.5, 0.6) is 0 Å². The number of ether oxygens (including phenoxy) is 1. The van der Waals surface area contributed by atoms with E-state index in [0.29, 0.717) is 24.0 Å². The van der Waals surface area contributed by atoms with Crippen LogP contribution in [0.25, 0.3) is 28.0 Å². The number of carbonyl (C=O) groups is 1. The molecule has 2 aromatic heterocycles. The average Bonchev–Trinajstić information content (AvgIpc) is 3.41. The Hall–Kier alpha value is -3.10. The number of rotatable bonds is 5. The molecule has 1 saturated heterocycles. The number of nitrogens with one attached hydrogen (secondary N) is 1. The molecule has 0 unspecified atom stereocenters. The van der Waals surface area contributed by atoms with Crippen LogP contribution in [0.2, 0.25) is 0 Å². The molecule has 1 aliphatic rings. The summed E-state index contributed by atoms with van der Waals surface area (Å²) in [5.41, 5.74) is 4.15. The number of hydrogen-bond acceptors (Lipinski definition) is 5. The highest BCUT2D eigenvalue weighted by atomic mass is 32.2.